The smallest absolute Gasteiger partial charge is 0.221 e. The largest absolute Gasteiger partial charge is 0.440 e. The Morgan fingerprint density at radius 1 is 1.21 bits per heavy atom. The number of rotatable bonds is 6. The zero-order valence-electron chi connectivity index (χ0n) is 15.7. The molecule has 0 saturated carbocycles. The zero-order valence-corrected chi connectivity index (χ0v) is 16.5. The lowest BCUT2D eigenvalue weighted by atomic mass is 9.98. The van der Waals surface area contributed by atoms with Gasteiger partial charge < -0.3 is 14.6 Å². The predicted octanol–water partition coefficient (Wildman–Crippen LogP) is 4.37. The quantitative estimate of drug-likeness (QED) is 0.671. The average Bonchev–Trinajstić information content (AvgIpc) is 3.16. The molecule has 1 N–H and O–H groups in total. The number of likely N-dealkylation sites (tertiary alicyclic amines) is 1. The van der Waals surface area contributed by atoms with Gasteiger partial charge in [0.25, 0.3) is 0 Å². The summed E-state index contributed by atoms with van der Waals surface area (Å²) in [6.07, 6.45) is 2.64. The summed E-state index contributed by atoms with van der Waals surface area (Å²) in [6.45, 7) is 3.09. The molecule has 28 heavy (non-hydrogen) atoms. The highest BCUT2D eigenvalue weighted by molar-refractivity contribution is 6.31. The van der Waals surface area contributed by atoms with Crippen LogP contribution in [-0.2, 0) is 11.3 Å². The van der Waals surface area contributed by atoms with E-state index in [1.807, 2.05) is 48.5 Å². The Labute approximate surface area is 169 Å². The van der Waals surface area contributed by atoms with Gasteiger partial charge in [0.05, 0.1) is 0 Å². The topological polar surface area (TPSA) is 58.4 Å². The van der Waals surface area contributed by atoms with Crippen molar-refractivity contribution in [3.05, 3.63) is 65.0 Å². The summed E-state index contributed by atoms with van der Waals surface area (Å²) >= 11 is 6.14. The molecule has 6 heteroatoms. The first kappa shape index (κ1) is 19.0. The van der Waals surface area contributed by atoms with Gasteiger partial charge in [-0.2, -0.15) is 0 Å². The Hall–Kier alpha value is -2.37. The van der Waals surface area contributed by atoms with Crippen molar-refractivity contribution in [1.29, 1.82) is 0 Å². The van der Waals surface area contributed by atoms with Crippen LogP contribution >= 0.6 is 11.6 Å². The number of nitrogens with one attached hydrogen (secondary N) is 1. The van der Waals surface area contributed by atoms with Crippen LogP contribution in [0, 0.1) is 0 Å². The Kier molecular flexibility index (Phi) is 5.93. The lowest BCUT2D eigenvalue weighted by molar-refractivity contribution is -0.121. The standard InChI is InChI=1S/C22H24ClN3O2/c23-18-8-2-1-6-16(18)14-24-21(27)11-13-26-12-5-7-17(15-26)22-25-19-9-3-4-10-20(19)28-22/h1-4,6,8-10,17H,5,7,11-15H2,(H,24,27). The van der Waals surface area contributed by atoms with Gasteiger partial charge in [0.1, 0.15) is 5.52 Å². The number of carbonyl (C=O) groups excluding carboxylic acids is 1. The highest BCUT2D eigenvalue weighted by atomic mass is 35.5. The molecule has 2 aromatic carbocycles. The highest BCUT2D eigenvalue weighted by Crippen LogP contribution is 2.29. The van der Waals surface area contributed by atoms with Gasteiger partial charge >= 0.3 is 0 Å². The van der Waals surface area contributed by atoms with E-state index < -0.39 is 0 Å². The Balaban J connectivity index is 1.28. The molecule has 5 nitrogen and oxygen atoms in total. The second-order valence-corrected chi connectivity index (χ2v) is 7.68. The van der Waals surface area contributed by atoms with Gasteiger partial charge in [-0.25, -0.2) is 4.98 Å². The second-order valence-electron chi connectivity index (χ2n) is 7.28. The first-order chi connectivity index (χ1) is 13.7. The zero-order chi connectivity index (χ0) is 19.3. The van der Waals surface area contributed by atoms with Crippen LogP contribution in [0.3, 0.4) is 0 Å². The molecule has 4 rings (SSSR count). The molecule has 1 aliphatic rings. The van der Waals surface area contributed by atoms with Gasteiger partial charge in [0, 0.05) is 37.0 Å². The van der Waals surface area contributed by atoms with Crippen LogP contribution < -0.4 is 5.32 Å². The van der Waals surface area contributed by atoms with E-state index in [1.165, 1.54) is 0 Å². The normalized spacial score (nSPS) is 17.7. The van der Waals surface area contributed by atoms with Crippen molar-refractivity contribution in [1.82, 2.24) is 15.2 Å². The van der Waals surface area contributed by atoms with Gasteiger partial charge in [0.2, 0.25) is 5.91 Å². The number of hydrogen-bond acceptors (Lipinski definition) is 4. The summed E-state index contributed by atoms with van der Waals surface area (Å²) in [4.78, 5) is 19.2. The maximum Gasteiger partial charge on any atom is 0.221 e. The predicted molar refractivity (Wildman–Crippen MR) is 110 cm³/mol. The Bertz CT molecular complexity index is 923. The van der Waals surface area contributed by atoms with Crippen LogP contribution in [0.2, 0.25) is 5.02 Å². The first-order valence-corrected chi connectivity index (χ1v) is 10.1. The van der Waals surface area contributed by atoms with Crippen molar-refractivity contribution in [2.75, 3.05) is 19.6 Å². The SMILES string of the molecule is O=C(CCN1CCCC(c2nc3ccccc3o2)C1)NCc1ccccc1Cl. The number of hydrogen-bond donors (Lipinski definition) is 1. The summed E-state index contributed by atoms with van der Waals surface area (Å²) in [7, 11) is 0. The van der Waals surface area contributed by atoms with Crippen molar-refractivity contribution in [3.63, 3.8) is 0 Å². The van der Waals surface area contributed by atoms with E-state index in [0.717, 1.165) is 55.0 Å². The molecule has 2 heterocycles. The summed E-state index contributed by atoms with van der Waals surface area (Å²) in [5, 5.41) is 3.64. The van der Waals surface area contributed by atoms with Crippen LogP contribution in [0.5, 0.6) is 0 Å². The fraction of sp³-hybridized carbons (Fsp3) is 0.364. The number of halogens is 1. The molecule has 1 amide bonds. The van der Waals surface area contributed by atoms with E-state index in [9.17, 15) is 4.79 Å². The van der Waals surface area contributed by atoms with E-state index in [0.29, 0.717) is 18.0 Å². The van der Waals surface area contributed by atoms with E-state index in [4.69, 9.17) is 16.0 Å². The summed E-state index contributed by atoms with van der Waals surface area (Å²) in [5.41, 5.74) is 2.69. The molecule has 1 saturated heterocycles. The van der Waals surface area contributed by atoms with Crippen LogP contribution in [0.1, 0.15) is 36.6 Å². The second kappa shape index (κ2) is 8.76. The van der Waals surface area contributed by atoms with Gasteiger partial charge in [-0.15, -0.1) is 0 Å². The molecule has 1 aromatic heterocycles. The lowest BCUT2D eigenvalue weighted by Crippen LogP contribution is -2.37. The number of para-hydroxylation sites is 2. The molecule has 3 aromatic rings. The molecule has 0 bridgehead atoms. The van der Waals surface area contributed by atoms with Crippen LogP contribution in [0.25, 0.3) is 11.1 Å². The maximum atomic E-state index is 12.2. The fourth-order valence-electron chi connectivity index (χ4n) is 3.71. The molecule has 1 aliphatic heterocycles. The number of aromatic nitrogens is 1. The van der Waals surface area contributed by atoms with Crippen molar-refractivity contribution in [2.24, 2.45) is 0 Å². The van der Waals surface area contributed by atoms with Crippen LogP contribution in [0.4, 0.5) is 0 Å². The van der Waals surface area contributed by atoms with Crippen molar-refractivity contribution >= 4 is 28.6 Å². The Morgan fingerprint density at radius 3 is 2.89 bits per heavy atom. The van der Waals surface area contributed by atoms with Gasteiger partial charge in [-0.1, -0.05) is 41.9 Å². The van der Waals surface area contributed by atoms with E-state index in [-0.39, 0.29) is 11.8 Å². The maximum absolute atomic E-state index is 12.2. The monoisotopic (exact) mass is 397 g/mol. The number of nitrogens with zero attached hydrogens (tertiary/aromatic N) is 2. The molecule has 0 aliphatic carbocycles. The third-order valence-electron chi connectivity index (χ3n) is 5.25. The summed E-state index contributed by atoms with van der Waals surface area (Å²) < 4.78 is 5.95. The van der Waals surface area contributed by atoms with Gasteiger partial charge in [-0.3, -0.25) is 4.79 Å². The summed E-state index contributed by atoms with van der Waals surface area (Å²) in [6, 6.07) is 15.4. The molecule has 1 atom stereocenters. The number of amides is 1. The number of oxazole rings is 1. The van der Waals surface area contributed by atoms with Gasteiger partial charge in [0.15, 0.2) is 11.5 Å². The van der Waals surface area contributed by atoms with Crippen molar-refractivity contribution in [2.45, 2.75) is 31.7 Å². The van der Waals surface area contributed by atoms with E-state index in [2.05, 4.69) is 15.2 Å². The third-order valence-corrected chi connectivity index (χ3v) is 5.62. The number of carbonyl (C=O) groups is 1. The minimum absolute atomic E-state index is 0.0453. The number of benzene rings is 2. The van der Waals surface area contributed by atoms with Crippen LogP contribution in [-0.4, -0.2) is 35.4 Å². The van der Waals surface area contributed by atoms with Crippen molar-refractivity contribution < 1.29 is 9.21 Å². The number of piperidine rings is 1. The number of fused-ring (bicyclic) bond motifs is 1. The molecule has 1 fully saturated rings. The average molecular weight is 398 g/mol. The highest BCUT2D eigenvalue weighted by Gasteiger charge is 2.25. The van der Waals surface area contributed by atoms with E-state index in [1.54, 1.807) is 0 Å². The van der Waals surface area contributed by atoms with E-state index >= 15 is 0 Å². The Morgan fingerprint density at radius 2 is 2.04 bits per heavy atom. The molecule has 0 spiro atoms. The molecule has 146 valence electrons. The van der Waals surface area contributed by atoms with Gasteiger partial charge in [-0.05, 0) is 43.1 Å². The fourth-order valence-corrected chi connectivity index (χ4v) is 3.91. The molecule has 0 radical (unpaired) electrons. The third kappa shape index (κ3) is 4.54. The minimum Gasteiger partial charge on any atom is -0.440 e. The molecular formula is C22H24ClN3O2. The molecular weight excluding hydrogens is 374 g/mol. The van der Waals surface area contributed by atoms with Crippen LogP contribution in [0.15, 0.2) is 52.9 Å². The first-order valence-electron chi connectivity index (χ1n) is 9.77. The molecule has 1 unspecified atom stereocenters. The lowest BCUT2D eigenvalue weighted by Gasteiger charge is -2.30. The van der Waals surface area contributed by atoms with Crippen molar-refractivity contribution in [3.8, 4) is 0 Å². The minimum atomic E-state index is 0.0453. The summed E-state index contributed by atoms with van der Waals surface area (Å²) in [5.74, 6) is 1.14.